The summed E-state index contributed by atoms with van der Waals surface area (Å²) in [5.74, 6) is 0. The Bertz CT molecular complexity index is 642. The van der Waals surface area contributed by atoms with E-state index in [0.717, 1.165) is 16.9 Å². The number of aryl methyl sites for hydroxylation is 1. The lowest BCUT2D eigenvalue weighted by molar-refractivity contribution is 0.219. The molecule has 1 N–H and O–H groups in total. The minimum atomic E-state index is -3.58. The second-order valence-corrected chi connectivity index (χ2v) is 7.45. The van der Waals surface area contributed by atoms with Crippen LogP contribution in [0, 0.1) is 6.92 Å². The molecule has 0 unspecified atom stereocenters. The number of H-pyrrole nitrogens is 1. The van der Waals surface area contributed by atoms with Crippen LogP contribution in [0.5, 0.6) is 0 Å². The summed E-state index contributed by atoms with van der Waals surface area (Å²) < 4.78 is 31.3. The molecular formula is C11H16N2O4S2. The minimum absolute atomic E-state index is 0.112. The van der Waals surface area contributed by atoms with Crippen molar-refractivity contribution in [2.24, 2.45) is 0 Å². The third kappa shape index (κ3) is 2.97. The molecule has 0 amide bonds. The van der Waals surface area contributed by atoms with E-state index in [0.29, 0.717) is 31.8 Å². The molecule has 0 fully saturated rings. The number of thiazole rings is 1. The molecule has 0 aliphatic carbocycles. The Balaban J connectivity index is 2.23. The van der Waals surface area contributed by atoms with Crippen molar-refractivity contribution in [1.29, 1.82) is 0 Å². The molecule has 0 radical (unpaired) electrons. The van der Waals surface area contributed by atoms with Crippen molar-refractivity contribution in [2.75, 3.05) is 26.8 Å². The number of methoxy groups -OCH3 is 1. The zero-order chi connectivity index (χ0) is 14.0. The van der Waals surface area contributed by atoms with E-state index in [-0.39, 0.29) is 9.08 Å². The van der Waals surface area contributed by atoms with Crippen LogP contribution >= 0.6 is 11.3 Å². The normalized spacial score (nSPS) is 17.5. The van der Waals surface area contributed by atoms with Crippen LogP contribution in [0.2, 0.25) is 0 Å². The average molecular weight is 304 g/mol. The second-order valence-electron chi connectivity index (χ2n) is 4.34. The molecule has 0 atom stereocenters. The maximum absolute atomic E-state index is 12.4. The van der Waals surface area contributed by atoms with Crippen LogP contribution in [0.3, 0.4) is 0 Å². The van der Waals surface area contributed by atoms with Crippen molar-refractivity contribution in [3.8, 4) is 0 Å². The van der Waals surface area contributed by atoms with Crippen molar-refractivity contribution >= 4 is 21.4 Å². The number of aromatic amines is 1. The molecule has 1 aromatic heterocycles. The molecule has 0 saturated carbocycles. The van der Waals surface area contributed by atoms with Crippen molar-refractivity contribution in [3.63, 3.8) is 0 Å². The van der Waals surface area contributed by atoms with Crippen molar-refractivity contribution < 1.29 is 13.2 Å². The summed E-state index contributed by atoms with van der Waals surface area (Å²) in [6, 6.07) is 0. The van der Waals surface area contributed by atoms with E-state index in [1.165, 1.54) is 4.31 Å². The fourth-order valence-corrected chi connectivity index (χ4v) is 4.80. The highest BCUT2D eigenvalue weighted by Crippen LogP contribution is 2.24. The number of hydrogen-bond donors (Lipinski definition) is 1. The van der Waals surface area contributed by atoms with E-state index in [1.54, 1.807) is 14.0 Å². The van der Waals surface area contributed by atoms with Gasteiger partial charge in [-0.3, -0.25) is 4.79 Å². The highest BCUT2D eigenvalue weighted by molar-refractivity contribution is 7.91. The quantitative estimate of drug-likeness (QED) is 0.831. The molecule has 2 heterocycles. The summed E-state index contributed by atoms with van der Waals surface area (Å²) in [5.41, 5.74) is 1.51. The first-order chi connectivity index (χ1) is 8.95. The van der Waals surface area contributed by atoms with Gasteiger partial charge < -0.3 is 9.72 Å². The van der Waals surface area contributed by atoms with Crippen LogP contribution in [0.25, 0.3) is 0 Å². The van der Waals surface area contributed by atoms with Crippen LogP contribution in [0.4, 0.5) is 0 Å². The first kappa shape index (κ1) is 14.4. The Labute approximate surface area is 115 Å². The standard InChI is InChI=1S/C11H16N2O4S2/c1-8-10(18-11(14)12-8)19(15,16)13-5-3-9(4-6-13)7-17-2/h3H,4-7H2,1-2H3,(H,12,14). The molecule has 1 aromatic rings. The molecule has 106 valence electrons. The average Bonchev–Trinajstić information content (AvgIpc) is 2.70. The maximum Gasteiger partial charge on any atom is 0.305 e. The monoisotopic (exact) mass is 304 g/mol. The van der Waals surface area contributed by atoms with Gasteiger partial charge in [0.1, 0.15) is 0 Å². The molecule has 0 aromatic carbocycles. The van der Waals surface area contributed by atoms with E-state index in [4.69, 9.17) is 4.74 Å². The fraction of sp³-hybridized carbons (Fsp3) is 0.545. The summed E-state index contributed by atoms with van der Waals surface area (Å²) in [5, 5.41) is 0. The highest BCUT2D eigenvalue weighted by Gasteiger charge is 2.29. The number of aromatic nitrogens is 1. The minimum Gasteiger partial charge on any atom is -0.380 e. The largest absolute Gasteiger partial charge is 0.380 e. The highest BCUT2D eigenvalue weighted by atomic mass is 32.2. The van der Waals surface area contributed by atoms with E-state index >= 15 is 0 Å². The number of sulfonamides is 1. The van der Waals surface area contributed by atoms with Gasteiger partial charge in [0.2, 0.25) is 0 Å². The Morgan fingerprint density at radius 1 is 1.53 bits per heavy atom. The number of nitrogens with zero attached hydrogens (tertiary/aromatic N) is 1. The van der Waals surface area contributed by atoms with Gasteiger partial charge in [0.15, 0.2) is 4.21 Å². The predicted octanol–water partition coefficient (Wildman–Crippen LogP) is 0.712. The van der Waals surface area contributed by atoms with E-state index in [1.807, 2.05) is 6.08 Å². The van der Waals surface area contributed by atoms with Gasteiger partial charge in [-0.05, 0) is 18.9 Å². The van der Waals surface area contributed by atoms with Crippen molar-refractivity contribution in [1.82, 2.24) is 9.29 Å². The molecule has 6 nitrogen and oxygen atoms in total. The van der Waals surface area contributed by atoms with Crippen LogP contribution < -0.4 is 4.87 Å². The van der Waals surface area contributed by atoms with Crippen LogP contribution in [-0.2, 0) is 14.8 Å². The molecule has 1 aliphatic heterocycles. The van der Waals surface area contributed by atoms with Crippen LogP contribution in [0.15, 0.2) is 20.7 Å². The van der Waals surface area contributed by atoms with Gasteiger partial charge in [-0.1, -0.05) is 17.4 Å². The van der Waals surface area contributed by atoms with E-state index in [9.17, 15) is 13.2 Å². The van der Waals surface area contributed by atoms with Gasteiger partial charge in [0.25, 0.3) is 10.0 Å². The molecule has 0 saturated heterocycles. The van der Waals surface area contributed by atoms with Crippen molar-refractivity contribution in [2.45, 2.75) is 17.6 Å². The molecule has 19 heavy (non-hydrogen) atoms. The first-order valence-corrected chi connectivity index (χ1v) is 8.07. The number of rotatable bonds is 4. The fourth-order valence-electron chi connectivity index (χ4n) is 1.98. The van der Waals surface area contributed by atoms with Crippen LogP contribution in [-0.4, -0.2) is 44.5 Å². The molecule has 0 bridgehead atoms. The maximum atomic E-state index is 12.4. The van der Waals surface area contributed by atoms with Gasteiger partial charge in [-0.2, -0.15) is 4.31 Å². The Morgan fingerprint density at radius 2 is 2.26 bits per heavy atom. The van der Waals surface area contributed by atoms with Gasteiger partial charge in [0, 0.05) is 25.9 Å². The SMILES string of the molecule is COCC1=CCN(S(=O)(=O)c2sc(=O)[nH]c2C)CC1. The Kier molecular flexibility index (Phi) is 4.24. The molecule has 2 rings (SSSR count). The summed E-state index contributed by atoms with van der Waals surface area (Å²) in [7, 11) is -1.96. The summed E-state index contributed by atoms with van der Waals surface area (Å²) in [6.45, 7) is 2.88. The van der Waals surface area contributed by atoms with Crippen LogP contribution in [0.1, 0.15) is 12.1 Å². The second kappa shape index (κ2) is 5.58. The summed E-state index contributed by atoms with van der Waals surface area (Å²) in [6.07, 6.45) is 2.53. The molecular weight excluding hydrogens is 288 g/mol. The third-order valence-corrected chi connectivity index (χ3v) is 6.40. The predicted molar refractivity (Wildman–Crippen MR) is 73.0 cm³/mol. The van der Waals surface area contributed by atoms with Gasteiger partial charge >= 0.3 is 4.87 Å². The van der Waals surface area contributed by atoms with Crippen molar-refractivity contribution in [3.05, 3.63) is 27.0 Å². The number of ether oxygens (including phenoxy) is 1. The van der Waals surface area contributed by atoms with E-state index < -0.39 is 10.0 Å². The lowest BCUT2D eigenvalue weighted by Crippen LogP contribution is -2.35. The Morgan fingerprint density at radius 3 is 2.74 bits per heavy atom. The summed E-state index contributed by atoms with van der Waals surface area (Å²) >= 11 is 0.740. The Hall–Kier alpha value is -0.960. The zero-order valence-corrected chi connectivity index (χ0v) is 12.4. The van der Waals surface area contributed by atoms with Gasteiger partial charge in [-0.15, -0.1) is 0 Å². The molecule has 1 aliphatic rings. The third-order valence-electron chi connectivity index (χ3n) is 2.95. The lowest BCUT2D eigenvalue weighted by atomic mass is 10.1. The smallest absolute Gasteiger partial charge is 0.305 e. The topological polar surface area (TPSA) is 79.5 Å². The number of nitrogens with one attached hydrogen (secondary N) is 1. The van der Waals surface area contributed by atoms with Gasteiger partial charge in [-0.25, -0.2) is 8.42 Å². The first-order valence-electron chi connectivity index (χ1n) is 5.82. The zero-order valence-electron chi connectivity index (χ0n) is 10.8. The van der Waals surface area contributed by atoms with E-state index in [2.05, 4.69) is 4.98 Å². The van der Waals surface area contributed by atoms with Gasteiger partial charge in [0.05, 0.1) is 6.61 Å². The lowest BCUT2D eigenvalue weighted by Gasteiger charge is -2.25. The summed E-state index contributed by atoms with van der Waals surface area (Å²) in [4.78, 5) is 13.4. The molecule has 8 heteroatoms. The molecule has 0 spiro atoms. The number of hydrogen-bond acceptors (Lipinski definition) is 5.